The number of hydrogen-bond donors (Lipinski definition) is 0. The maximum atomic E-state index is 15.4. The summed E-state index contributed by atoms with van der Waals surface area (Å²) in [6.07, 6.45) is 4.34. The number of carbonyl (C=O) groups excluding carboxylic acids is 1. The lowest BCUT2D eigenvalue weighted by Crippen LogP contribution is -2.81. The standard InChI is InChI=1S/C24BF20.C18H23N2O/c26-5-1(6(27)14(35)21(42)13(5)34)25(2-7(28)15(36)22(43)16(37)8(2)29,3-9(30)17(38)23(44)18(39)10(3)31)4-11(32)19(40)24(45)20(41)12(4)33;1-2-3-4-8-11-17-14-20(13-12-19-17)15-18(21)16-9-6-5-7-10-16/h;5-7,9-10,12-14H,2-4,8,11,15H2,1H3/q-1;+1. The van der Waals surface area contributed by atoms with Crippen LogP contribution in [0.2, 0.25) is 0 Å². The van der Waals surface area contributed by atoms with E-state index in [2.05, 4.69) is 11.9 Å². The van der Waals surface area contributed by atoms with Crippen molar-refractivity contribution in [2.45, 2.75) is 45.6 Å². The van der Waals surface area contributed by atoms with Crippen molar-refractivity contribution in [1.82, 2.24) is 4.98 Å². The Kier molecular flexibility index (Phi) is 15.3. The normalized spacial score (nSPS) is 11.5. The van der Waals surface area contributed by atoms with Crippen LogP contribution in [-0.2, 0) is 13.0 Å². The molecule has 0 aliphatic carbocycles. The summed E-state index contributed by atoms with van der Waals surface area (Å²) in [5.74, 6) is -71.3. The van der Waals surface area contributed by atoms with Crippen LogP contribution in [0.1, 0.15) is 48.7 Å². The van der Waals surface area contributed by atoms with Crippen LogP contribution in [0.25, 0.3) is 0 Å². The first kappa shape index (κ1) is 50.5. The third-order valence-corrected chi connectivity index (χ3v) is 10.2. The Bertz CT molecular complexity index is 2480. The molecule has 1 aromatic heterocycles. The smallest absolute Gasteiger partial charge is 0.227 e. The zero-order valence-electron chi connectivity index (χ0n) is 32.8. The molecule has 0 unspecified atom stereocenters. The van der Waals surface area contributed by atoms with Crippen LogP contribution < -0.4 is 26.4 Å². The quantitative estimate of drug-likeness (QED) is 0.0233. The van der Waals surface area contributed by atoms with Gasteiger partial charge < -0.3 is 0 Å². The number of Topliss-reactive ketones (excluding diaryl/α,β-unsaturated/α-hetero) is 1. The van der Waals surface area contributed by atoms with Crippen molar-refractivity contribution in [3.8, 4) is 0 Å². The number of aromatic nitrogens is 2. The summed E-state index contributed by atoms with van der Waals surface area (Å²) < 4.78 is 296. The molecule has 0 atom stereocenters. The first-order valence-electron chi connectivity index (χ1n) is 18.6. The summed E-state index contributed by atoms with van der Waals surface area (Å²) in [6, 6.07) is 9.42. The Morgan fingerprint density at radius 3 is 1.09 bits per heavy atom. The van der Waals surface area contributed by atoms with Crippen LogP contribution in [-0.4, -0.2) is 16.9 Å². The van der Waals surface area contributed by atoms with E-state index >= 15 is 35.1 Å². The number of aryl methyl sites for hydroxylation is 1. The Morgan fingerprint density at radius 2 is 0.773 bits per heavy atom. The van der Waals surface area contributed by atoms with Crippen molar-refractivity contribution >= 4 is 33.8 Å². The molecule has 6 aromatic rings. The molecular formula is C42H23BF20N2O. The minimum absolute atomic E-state index is 0.128. The van der Waals surface area contributed by atoms with E-state index in [1.807, 2.05) is 47.3 Å². The minimum atomic E-state index is -7.22. The van der Waals surface area contributed by atoms with Crippen LogP contribution in [0, 0.1) is 116 Å². The highest BCUT2D eigenvalue weighted by atomic mass is 19.2. The Labute approximate surface area is 357 Å². The van der Waals surface area contributed by atoms with Gasteiger partial charge in [0.25, 0.3) is 0 Å². The van der Waals surface area contributed by atoms with Crippen LogP contribution in [0.5, 0.6) is 0 Å². The van der Waals surface area contributed by atoms with Gasteiger partial charge in [-0.25, -0.2) is 92.8 Å². The molecule has 3 nitrogen and oxygen atoms in total. The molecule has 24 heteroatoms. The van der Waals surface area contributed by atoms with Gasteiger partial charge in [0.1, 0.15) is 58.4 Å². The lowest BCUT2D eigenvalue weighted by Gasteiger charge is -2.44. The van der Waals surface area contributed by atoms with E-state index in [1.54, 1.807) is 6.20 Å². The van der Waals surface area contributed by atoms with E-state index in [4.69, 9.17) is 0 Å². The fourth-order valence-electron chi connectivity index (χ4n) is 7.20. The SMILES string of the molecule is CCCCCCc1c[n+](CC(=O)c2ccccc2)ccn1.Fc1c(F)c(F)c([B-](c2c(F)c(F)c(F)c(F)c2F)(c2c(F)c(F)c(F)c(F)c2F)c2c(F)c(F)c(F)c(F)c2F)c(F)c1F. The van der Waals surface area contributed by atoms with Crippen LogP contribution >= 0.6 is 0 Å². The number of benzene rings is 5. The maximum Gasteiger partial charge on any atom is 0.227 e. The first-order chi connectivity index (χ1) is 31.0. The number of nitrogens with zero attached hydrogens (tertiary/aromatic N) is 2. The van der Waals surface area contributed by atoms with Gasteiger partial charge in [0.05, 0.1) is 6.20 Å². The molecule has 0 aliphatic heterocycles. The second-order valence-corrected chi connectivity index (χ2v) is 14.1. The summed E-state index contributed by atoms with van der Waals surface area (Å²) >= 11 is 0. The predicted octanol–water partition coefficient (Wildman–Crippen LogP) is 9.22. The molecule has 0 saturated heterocycles. The van der Waals surface area contributed by atoms with Crippen LogP contribution in [0.3, 0.4) is 0 Å². The predicted molar refractivity (Wildman–Crippen MR) is 192 cm³/mol. The van der Waals surface area contributed by atoms with Gasteiger partial charge in [0.15, 0.2) is 82.2 Å². The fraction of sp³-hybridized carbons (Fsp3) is 0.167. The molecule has 0 radical (unpaired) electrons. The van der Waals surface area contributed by atoms with Gasteiger partial charge in [0.2, 0.25) is 12.3 Å². The lowest BCUT2D eigenvalue weighted by molar-refractivity contribution is -0.684. The zero-order valence-corrected chi connectivity index (χ0v) is 32.8. The largest absolute Gasteiger partial charge is 0.287 e. The number of halogens is 20. The van der Waals surface area contributed by atoms with Gasteiger partial charge in [-0.1, -0.05) is 56.5 Å². The van der Waals surface area contributed by atoms with Crippen molar-refractivity contribution < 1.29 is 97.2 Å². The Balaban J connectivity index is 0.000000324. The highest BCUT2D eigenvalue weighted by Gasteiger charge is 2.52. The molecule has 0 aliphatic rings. The molecule has 5 aromatic carbocycles. The molecule has 0 spiro atoms. The van der Waals surface area contributed by atoms with Crippen molar-refractivity contribution in [1.29, 1.82) is 0 Å². The molecule has 66 heavy (non-hydrogen) atoms. The van der Waals surface area contributed by atoms with Crippen LogP contribution in [0.4, 0.5) is 87.8 Å². The number of ketones is 1. The zero-order chi connectivity index (χ0) is 49.3. The van der Waals surface area contributed by atoms with Crippen molar-refractivity contribution in [2.75, 3.05) is 0 Å². The van der Waals surface area contributed by atoms with Gasteiger partial charge in [-0.15, -0.1) is 21.9 Å². The Morgan fingerprint density at radius 1 is 0.455 bits per heavy atom. The molecule has 0 amide bonds. The average molecular weight is 962 g/mol. The van der Waals surface area contributed by atoms with Crippen molar-refractivity contribution in [3.05, 3.63) is 177 Å². The number of carbonyl (C=O) groups is 1. The van der Waals surface area contributed by atoms with Crippen LogP contribution in [0.15, 0.2) is 48.9 Å². The third-order valence-electron chi connectivity index (χ3n) is 10.2. The van der Waals surface area contributed by atoms with E-state index in [-0.39, 0.29) is 5.78 Å². The third kappa shape index (κ3) is 8.68. The summed E-state index contributed by atoms with van der Waals surface area (Å²) in [5.41, 5.74) is -12.5. The number of hydrogen-bond acceptors (Lipinski definition) is 2. The average Bonchev–Trinajstić information content (AvgIpc) is 3.30. The van der Waals surface area contributed by atoms with Crippen molar-refractivity contribution in [3.63, 3.8) is 0 Å². The molecule has 350 valence electrons. The highest BCUT2D eigenvalue weighted by molar-refractivity contribution is 7.20. The van der Waals surface area contributed by atoms with Gasteiger partial charge in [-0.2, -0.15) is 4.57 Å². The topological polar surface area (TPSA) is 33.8 Å². The first-order valence-corrected chi connectivity index (χ1v) is 18.6. The highest BCUT2D eigenvalue weighted by Crippen LogP contribution is 2.31. The molecule has 0 saturated carbocycles. The molecule has 6 rings (SSSR count). The fourth-order valence-corrected chi connectivity index (χ4v) is 7.20. The summed E-state index contributed by atoms with van der Waals surface area (Å²) in [4.78, 5) is 16.6. The van der Waals surface area contributed by atoms with Gasteiger partial charge in [-0.3, -0.25) is 4.79 Å². The monoisotopic (exact) mass is 962 g/mol. The van der Waals surface area contributed by atoms with E-state index in [9.17, 15) is 57.5 Å². The van der Waals surface area contributed by atoms with E-state index in [0.717, 1.165) is 24.1 Å². The van der Waals surface area contributed by atoms with Gasteiger partial charge >= 0.3 is 0 Å². The second kappa shape index (κ2) is 19.9. The minimum Gasteiger partial charge on any atom is -0.287 e. The van der Waals surface area contributed by atoms with E-state index < -0.39 is 144 Å². The van der Waals surface area contributed by atoms with Crippen molar-refractivity contribution in [2.24, 2.45) is 0 Å². The van der Waals surface area contributed by atoms with E-state index in [0.29, 0.717) is 6.54 Å². The molecule has 0 bridgehead atoms. The van der Waals surface area contributed by atoms with Gasteiger partial charge in [-0.05, 0) is 12.8 Å². The molecular weight excluding hydrogens is 939 g/mol. The molecule has 0 N–H and O–H groups in total. The lowest BCUT2D eigenvalue weighted by atomic mass is 9.12. The molecule has 1 heterocycles. The summed E-state index contributed by atoms with van der Waals surface area (Å²) in [6.45, 7) is 2.58. The summed E-state index contributed by atoms with van der Waals surface area (Å²) in [7, 11) is 0. The number of rotatable bonds is 12. The molecule has 0 fully saturated rings. The maximum absolute atomic E-state index is 15.4. The van der Waals surface area contributed by atoms with Gasteiger partial charge in [0, 0.05) is 5.56 Å². The second-order valence-electron chi connectivity index (χ2n) is 14.1. The Hall–Kier alpha value is -6.49. The van der Waals surface area contributed by atoms with E-state index in [1.165, 1.54) is 19.3 Å². The summed E-state index contributed by atoms with van der Waals surface area (Å²) in [5, 5.41) is 0. The number of unbranched alkanes of at least 4 members (excludes halogenated alkanes) is 3.